The van der Waals surface area contributed by atoms with Crippen molar-refractivity contribution in [2.75, 3.05) is 0 Å². The molecule has 0 radical (unpaired) electrons. The number of rotatable bonds is 3. The molecule has 1 heterocycles. The van der Waals surface area contributed by atoms with E-state index >= 15 is 0 Å². The molecule has 1 aromatic heterocycles. The minimum Gasteiger partial charge on any atom is -0.359 e. The SMILES string of the molecule is Fc1cccc2c(CCC3CCCCC3)c[nH]c12. The fourth-order valence-corrected chi connectivity index (χ4v) is 3.22. The normalized spacial score (nSPS) is 17.4. The number of fused-ring (bicyclic) bond motifs is 1. The molecule has 18 heavy (non-hydrogen) atoms. The Labute approximate surface area is 107 Å². The molecule has 1 fully saturated rings. The third kappa shape index (κ3) is 2.29. The van der Waals surface area contributed by atoms with Gasteiger partial charge in [-0.25, -0.2) is 4.39 Å². The zero-order valence-corrected chi connectivity index (χ0v) is 10.7. The summed E-state index contributed by atoms with van der Waals surface area (Å²) >= 11 is 0. The molecule has 0 unspecified atom stereocenters. The number of nitrogens with one attached hydrogen (secondary N) is 1. The lowest BCUT2D eigenvalue weighted by Crippen LogP contribution is -2.07. The second-order valence-corrected chi connectivity index (χ2v) is 5.52. The summed E-state index contributed by atoms with van der Waals surface area (Å²) in [5.74, 6) is 0.744. The van der Waals surface area contributed by atoms with Gasteiger partial charge in [0.2, 0.25) is 0 Å². The van der Waals surface area contributed by atoms with Crippen LogP contribution >= 0.6 is 0 Å². The van der Waals surface area contributed by atoms with Crippen LogP contribution < -0.4 is 0 Å². The van der Waals surface area contributed by atoms with Crippen LogP contribution in [0.3, 0.4) is 0 Å². The number of H-pyrrole nitrogens is 1. The number of aromatic amines is 1. The maximum Gasteiger partial charge on any atom is 0.147 e. The van der Waals surface area contributed by atoms with E-state index in [0.29, 0.717) is 5.52 Å². The Hall–Kier alpha value is -1.31. The van der Waals surface area contributed by atoms with E-state index < -0.39 is 0 Å². The molecule has 1 aliphatic carbocycles. The molecule has 1 aromatic carbocycles. The van der Waals surface area contributed by atoms with Gasteiger partial charge in [0.25, 0.3) is 0 Å². The van der Waals surface area contributed by atoms with E-state index in [1.54, 1.807) is 6.07 Å². The van der Waals surface area contributed by atoms with Crippen LogP contribution in [0.15, 0.2) is 24.4 Å². The first-order valence-corrected chi connectivity index (χ1v) is 7.09. The van der Waals surface area contributed by atoms with Crippen molar-refractivity contribution >= 4 is 10.9 Å². The van der Waals surface area contributed by atoms with Crippen molar-refractivity contribution in [2.24, 2.45) is 5.92 Å². The molecule has 96 valence electrons. The van der Waals surface area contributed by atoms with Gasteiger partial charge in [0.1, 0.15) is 5.82 Å². The average molecular weight is 245 g/mol. The Balaban J connectivity index is 1.72. The number of halogens is 1. The number of para-hydroxylation sites is 1. The lowest BCUT2D eigenvalue weighted by molar-refractivity contribution is 0.339. The van der Waals surface area contributed by atoms with Crippen LogP contribution in [0.2, 0.25) is 0 Å². The van der Waals surface area contributed by atoms with Crippen LogP contribution in [0.4, 0.5) is 4.39 Å². The highest BCUT2D eigenvalue weighted by atomic mass is 19.1. The maximum atomic E-state index is 13.6. The third-order valence-electron chi connectivity index (χ3n) is 4.30. The van der Waals surface area contributed by atoms with E-state index in [2.05, 4.69) is 4.98 Å². The molecule has 1 N–H and O–H groups in total. The molecule has 0 aliphatic heterocycles. The first-order valence-electron chi connectivity index (χ1n) is 7.09. The number of benzene rings is 1. The van der Waals surface area contributed by atoms with Gasteiger partial charge in [-0.1, -0.05) is 44.2 Å². The predicted molar refractivity (Wildman–Crippen MR) is 73.2 cm³/mol. The zero-order chi connectivity index (χ0) is 12.4. The van der Waals surface area contributed by atoms with Gasteiger partial charge in [-0.15, -0.1) is 0 Å². The molecular weight excluding hydrogens is 225 g/mol. The molecule has 0 saturated heterocycles. The summed E-state index contributed by atoms with van der Waals surface area (Å²) in [4.78, 5) is 3.07. The number of aryl methyl sites for hydroxylation is 1. The zero-order valence-electron chi connectivity index (χ0n) is 10.7. The summed E-state index contributed by atoms with van der Waals surface area (Å²) in [6.07, 6.45) is 11.3. The highest BCUT2D eigenvalue weighted by Crippen LogP contribution is 2.29. The van der Waals surface area contributed by atoms with Gasteiger partial charge >= 0.3 is 0 Å². The minimum atomic E-state index is -0.142. The topological polar surface area (TPSA) is 15.8 Å². The second-order valence-electron chi connectivity index (χ2n) is 5.52. The van der Waals surface area contributed by atoms with E-state index in [-0.39, 0.29) is 5.82 Å². The number of aromatic nitrogens is 1. The quantitative estimate of drug-likeness (QED) is 0.798. The Kier molecular flexibility index (Phi) is 3.35. The van der Waals surface area contributed by atoms with Gasteiger partial charge in [0, 0.05) is 11.6 Å². The van der Waals surface area contributed by atoms with Gasteiger partial charge in [-0.3, -0.25) is 0 Å². The van der Waals surface area contributed by atoms with Gasteiger partial charge in [0.15, 0.2) is 0 Å². The molecule has 3 rings (SSSR count). The van der Waals surface area contributed by atoms with Crippen molar-refractivity contribution in [3.63, 3.8) is 0 Å². The molecule has 1 saturated carbocycles. The molecule has 2 aromatic rings. The summed E-state index contributed by atoms with van der Waals surface area (Å²) < 4.78 is 13.6. The molecule has 2 heteroatoms. The molecule has 1 aliphatic rings. The summed E-state index contributed by atoms with van der Waals surface area (Å²) in [6, 6.07) is 5.34. The summed E-state index contributed by atoms with van der Waals surface area (Å²) in [6.45, 7) is 0. The van der Waals surface area contributed by atoms with Crippen molar-refractivity contribution in [3.05, 3.63) is 35.8 Å². The van der Waals surface area contributed by atoms with Gasteiger partial charge in [-0.2, -0.15) is 0 Å². The average Bonchev–Trinajstić information content (AvgIpc) is 2.82. The predicted octanol–water partition coefficient (Wildman–Crippen LogP) is 4.82. The lowest BCUT2D eigenvalue weighted by Gasteiger charge is -2.21. The highest BCUT2D eigenvalue weighted by molar-refractivity contribution is 5.83. The number of hydrogen-bond acceptors (Lipinski definition) is 0. The number of hydrogen-bond donors (Lipinski definition) is 1. The molecule has 1 nitrogen and oxygen atoms in total. The first kappa shape index (κ1) is 11.8. The lowest BCUT2D eigenvalue weighted by atomic mass is 9.85. The first-order chi connectivity index (χ1) is 8.84. The fraction of sp³-hybridized carbons (Fsp3) is 0.500. The van der Waals surface area contributed by atoms with Crippen LogP contribution in [0.25, 0.3) is 10.9 Å². The highest BCUT2D eigenvalue weighted by Gasteiger charge is 2.14. The Morgan fingerprint density at radius 1 is 1.17 bits per heavy atom. The van der Waals surface area contributed by atoms with Gasteiger partial charge in [-0.05, 0) is 30.4 Å². The van der Waals surface area contributed by atoms with E-state index in [9.17, 15) is 4.39 Å². The monoisotopic (exact) mass is 245 g/mol. The summed E-state index contributed by atoms with van der Waals surface area (Å²) in [5.41, 5.74) is 1.94. The van der Waals surface area contributed by atoms with Crippen molar-refractivity contribution in [2.45, 2.75) is 44.9 Å². The van der Waals surface area contributed by atoms with Crippen molar-refractivity contribution in [3.8, 4) is 0 Å². The second kappa shape index (κ2) is 5.13. The Morgan fingerprint density at radius 2 is 2.00 bits per heavy atom. The van der Waals surface area contributed by atoms with Crippen LogP contribution in [-0.4, -0.2) is 4.98 Å². The third-order valence-corrected chi connectivity index (χ3v) is 4.30. The minimum absolute atomic E-state index is 0.142. The summed E-state index contributed by atoms with van der Waals surface area (Å²) in [7, 11) is 0. The van der Waals surface area contributed by atoms with E-state index in [1.165, 1.54) is 50.2 Å². The molecule has 0 spiro atoms. The fourth-order valence-electron chi connectivity index (χ4n) is 3.22. The summed E-state index contributed by atoms with van der Waals surface area (Å²) in [5, 5.41) is 1.06. The Morgan fingerprint density at radius 3 is 2.83 bits per heavy atom. The molecule has 0 amide bonds. The maximum absolute atomic E-state index is 13.6. The van der Waals surface area contributed by atoms with Crippen molar-refractivity contribution < 1.29 is 4.39 Å². The van der Waals surface area contributed by atoms with Crippen LogP contribution in [0.5, 0.6) is 0 Å². The van der Waals surface area contributed by atoms with Crippen LogP contribution in [-0.2, 0) is 6.42 Å². The van der Waals surface area contributed by atoms with Gasteiger partial charge < -0.3 is 4.98 Å². The van der Waals surface area contributed by atoms with Crippen molar-refractivity contribution in [1.29, 1.82) is 0 Å². The van der Waals surface area contributed by atoms with Crippen LogP contribution in [0.1, 0.15) is 44.1 Å². The van der Waals surface area contributed by atoms with Crippen molar-refractivity contribution in [1.82, 2.24) is 4.98 Å². The van der Waals surface area contributed by atoms with E-state index in [0.717, 1.165) is 17.7 Å². The Bertz CT molecular complexity index is 523. The molecule has 0 bridgehead atoms. The standard InChI is InChI=1S/C16H20FN/c17-15-8-4-7-14-13(11-18-16(14)15)10-9-12-5-2-1-3-6-12/h4,7-8,11-12,18H,1-3,5-6,9-10H2. The van der Waals surface area contributed by atoms with Crippen LogP contribution in [0, 0.1) is 11.7 Å². The largest absolute Gasteiger partial charge is 0.359 e. The van der Waals surface area contributed by atoms with E-state index in [1.807, 2.05) is 12.3 Å². The van der Waals surface area contributed by atoms with E-state index in [4.69, 9.17) is 0 Å². The van der Waals surface area contributed by atoms with Gasteiger partial charge in [0.05, 0.1) is 5.52 Å². The molecular formula is C16H20FN. The smallest absolute Gasteiger partial charge is 0.147 e. The molecule has 0 atom stereocenters.